The molecule has 0 radical (unpaired) electrons. The summed E-state index contributed by atoms with van der Waals surface area (Å²) in [5.41, 5.74) is 2.19. The molecule has 0 spiro atoms. The third-order valence-electron chi connectivity index (χ3n) is 4.27. The van der Waals surface area contributed by atoms with E-state index < -0.39 is 10.0 Å². The fourth-order valence-electron chi connectivity index (χ4n) is 2.90. The molecule has 0 bridgehead atoms. The number of amides is 1. The minimum absolute atomic E-state index is 0.193. The van der Waals surface area contributed by atoms with Gasteiger partial charge in [0.15, 0.2) is 0 Å². The van der Waals surface area contributed by atoms with Crippen LogP contribution in [-0.2, 0) is 21.8 Å². The van der Waals surface area contributed by atoms with E-state index in [4.69, 9.17) is 4.74 Å². The van der Waals surface area contributed by atoms with Crippen molar-refractivity contribution in [3.8, 4) is 0 Å². The van der Waals surface area contributed by atoms with Crippen molar-refractivity contribution in [3.05, 3.63) is 41.2 Å². The monoisotopic (exact) mass is 378 g/mol. The number of benzene rings is 1. The number of anilines is 1. The fourth-order valence-corrected chi connectivity index (χ4v) is 4.56. The SMILES string of the molecule is Cc1cc(C(=O)Nc2ccc(C)c(S(=O)(=O)N3CCOCC3)c2)n(C)n1. The average Bonchev–Trinajstić information content (AvgIpc) is 2.95. The Morgan fingerprint density at radius 2 is 1.88 bits per heavy atom. The predicted molar refractivity (Wildman–Crippen MR) is 96.7 cm³/mol. The van der Waals surface area contributed by atoms with E-state index in [-0.39, 0.29) is 10.8 Å². The quantitative estimate of drug-likeness (QED) is 0.866. The van der Waals surface area contributed by atoms with Crippen LogP contribution in [0.15, 0.2) is 29.2 Å². The van der Waals surface area contributed by atoms with E-state index in [1.807, 2.05) is 0 Å². The second kappa shape index (κ2) is 7.18. The molecule has 26 heavy (non-hydrogen) atoms. The van der Waals surface area contributed by atoms with Gasteiger partial charge in [-0.3, -0.25) is 9.48 Å². The summed E-state index contributed by atoms with van der Waals surface area (Å²) >= 11 is 0. The Kier molecular flexibility index (Phi) is 5.12. The van der Waals surface area contributed by atoms with E-state index in [2.05, 4.69) is 10.4 Å². The summed E-state index contributed by atoms with van der Waals surface area (Å²) in [6.07, 6.45) is 0. The maximum atomic E-state index is 12.9. The Balaban J connectivity index is 1.88. The molecule has 0 unspecified atom stereocenters. The molecule has 0 atom stereocenters. The number of aryl methyl sites for hydroxylation is 3. The summed E-state index contributed by atoms with van der Waals surface area (Å²) in [5, 5.41) is 6.89. The lowest BCUT2D eigenvalue weighted by atomic mass is 10.2. The number of hydrogen-bond donors (Lipinski definition) is 1. The number of carbonyl (C=O) groups excluding carboxylic acids is 1. The Labute approximate surface area is 152 Å². The van der Waals surface area contributed by atoms with Gasteiger partial charge in [-0.2, -0.15) is 9.40 Å². The highest BCUT2D eigenvalue weighted by atomic mass is 32.2. The second-order valence-corrected chi connectivity index (χ2v) is 8.15. The van der Waals surface area contributed by atoms with Crippen LogP contribution in [0, 0.1) is 13.8 Å². The van der Waals surface area contributed by atoms with Crippen molar-refractivity contribution in [3.63, 3.8) is 0 Å². The van der Waals surface area contributed by atoms with Gasteiger partial charge in [0.1, 0.15) is 5.69 Å². The zero-order chi connectivity index (χ0) is 18.9. The number of aromatic nitrogens is 2. The van der Waals surface area contributed by atoms with Gasteiger partial charge < -0.3 is 10.1 Å². The van der Waals surface area contributed by atoms with E-state index in [0.717, 1.165) is 5.69 Å². The van der Waals surface area contributed by atoms with Crippen LogP contribution < -0.4 is 5.32 Å². The van der Waals surface area contributed by atoms with Gasteiger partial charge in [-0.05, 0) is 37.6 Å². The molecule has 2 aromatic rings. The average molecular weight is 378 g/mol. The number of rotatable bonds is 4. The van der Waals surface area contributed by atoms with Crippen LogP contribution in [0.2, 0.25) is 0 Å². The van der Waals surface area contributed by atoms with Crippen LogP contribution in [0.1, 0.15) is 21.7 Å². The van der Waals surface area contributed by atoms with Crippen molar-refractivity contribution >= 4 is 21.6 Å². The van der Waals surface area contributed by atoms with Crippen molar-refractivity contribution in [1.82, 2.24) is 14.1 Å². The van der Waals surface area contributed by atoms with Gasteiger partial charge in [-0.15, -0.1) is 0 Å². The van der Waals surface area contributed by atoms with Gasteiger partial charge in [0, 0.05) is 25.8 Å². The lowest BCUT2D eigenvalue weighted by Gasteiger charge is -2.26. The maximum Gasteiger partial charge on any atom is 0.273 e. The first-order valence-corrected chi connectivity index (χ1v) is 9.73. The smallest absolute Gasteiger partial charge is 0.273 e. The molecule has 1 N–H and O–H groups in total. The Morgan fingerprint density at radius 3 is 2.50 bits per heavy atom. The molecule has 1 amide bonds. The largest absolute Gasteiger partial charge is 0.379 e. The molecule has 3 rings (SSSR count). The highest BCUT2D eigenvalue weighted by Crippen LogP contribution is 2.24. The topological polar surface area (TPSA) is 93.5 Å². The van der Waals surface area contributed by atoms with E-state index in [0.29, 0.717) is 43.2 Å². The van der Waals surface area contributed by atoms with Gasteiger partial charge >= 0.3 is 0 Å². The highest BCUT2D eigenvalue weighted by Gasteiger charge is 2.28. The third-order valence-corrected chi connectivity index (χ3v) is 6.31. The standard InChI is InChI=1S/C17H22N4O4S/c1-12-4-5-14(18-17(22)15-10-13(2)19-20(15)3)11-16(12)26(23,24)21-6-8-25-9-7-21/h4-5,10-11H,6-9H2,1-3H3,(H,18,22). The normalized spacial score (nSPS) is 15.8. The van der Waals surface area contributed by atoms with Crippen LogP contribution in [-0.4, -0.2) is 54.7 Å². The van der Waals surface area contributed by atoms with Crippen molar-refractivity contribution in [2.75, 3.05) is 31.6 Å². The van der Waals surface area contributed by atoms with E-state index >= 15 is 0 Å². The first kappa shape index (κ1) is 18.6. The molecule has 0 saturated carbocycles. The van der Waals surface area contributed by atoms with Gasteiger partial charge in [0.2, 0.25) is 10.0 Å². The first-order chi connectivity index (χ1) is 12.3. The molecule has 1 aromatic heterocycles. The summed E-state index contributed by atoms with van der Waals surface area (Å²) in [7, 11) is -1.95. The van der Waals surface area contributed by atoms with Crippen LogP contribution in [0.3, 0.4) is 0 Å². The van der Waals surface area contributed by atoms with Crippen molar-refractivity contribution in [2.24, 2.45) is 7.05 Å². The Bertz CT molecular complexity index is 930. The fraction of sp³-hybridized carbons (Fsp3) is 0.412. The molecule has 1 saturated heterocycles. The summed E-state index contributed by atoms with van der Waals surface area (Å²) in [4.78, 5) is 12.6. The van der Waals surface area contributed by atoms with Crippen LogP contribution in [0.4, 0.5) is 5.69 Å². The van der Waals surface area contributed by atoms with Crippen molar-refractivity contribution in [2.45, 2.75) is 18.7 Å². The molecular weight excluding hydrogens is 356 g/mol. The molecule has 9 heteroatoms. The molecule has 2 heterocycles. The molecule has 1 fully saturated rings. The van der Waals surface area contributed by atoms with E-state index in [9.17, 15) is 13.2 Å². The number of sulfonamides is 1. The Hall–Kier alpha value is -2.23. The van der Waals surface area contributed by atoms with Gasteiger partial charge in [-0.25, -0.2) is 8.42 Å². The molecule has 140 valence electrons. The van der Waals surface area contributed by atoms with E-state index in [1.165, 1.54) is 15.1 Å². The molecule has 1 aliphatic rings. The zero-order valence-electron chi connectivity index (χ0n) is 15.0. The number of nitrogens with zero attached hydrogens (tertiary/aromatic N) is 3. The lowest BCUT2D eigenvalue weighted by Crippen LogP contribution is -2.40. The molecule has 8 nitrogen and oxygen atoms in total. The molecular formula is C17H22N4O4S. The minimum Gasteiger partial charge on any atom is -0.379 e. The molecule has 1 aliphatic heterocycles. The predicted octanol–water partition coefficient (Wildman–Crippen LogP) is 1.31. The third kappa shape index (κ3) is 3.64. The number of nitrogens with one attached hydrogen (secondary N) is 1. The maximum absolute atomic E-state index is 12.9. The molecule has 0 aliphatic carbocycles. The first-order valence-electron chi connectivity index (χ1n) is 8.29. The summed E-state index contributed by atoms with van der Waals surface area (Å²) in [5.74, 6) is -0.341. The number of morpholine rings is 1. The number of ether oxygens (including phenoxy) is 1. The summed E-state index contributed by atoms with van der Waals surface area (Å²) in [6.45, 7) is 4.96. The van der Waals surface area contributed by atoms with Crippen LogP contribution in [0.5, 0.6) is 0 Å². The van der Waals surface area contributed by atoms with Crippen LogP contribution >= 0.6 is 0 Å². The molecule has 1 aromatic carbocycles. The second-order valence-electron chi connectivity index (χ2n) is 6.25. The number of hydrogen-bond acceptors (Lipinski definition) is 5. The summed E-state index contributed by atoms with van der Waals surface area (Å²) < 4.78 is 34.0. The minimum atomic E-state index is -3.64. The van der Waals surface area contributed by atoms with Crippen molar-refractivity contribution in [1.29, 1.82) is 0 Å². The van der Waals surface area contributed by atoms with Crippen molar-refractivity contribution < 1.29 is 17.9 Å². The van der Waals surface area contributed by atoms with Gasteiger partial charge in [0.05, 0.1) is 23.8 Å². The number of carbonyl (C=O) groups is 1. The zero-order valence-corrected chi connectivity index (χ0v) is 15.8. The van der Waals surface area contributed by atoms with Crippen LogP contribution in [0.25, 0.3) is 0 Å². The van der Waals surface area contributed by atoms with Gasteiger partial charge in [-0.1, -0.05) is 6.07 Å². The highest BCUT2D eigenvalue weighted by molar-refractivity contribution is 7.89. The Morgan fingerprint density at radius 1 is 1.19 bits per heavy atom. The summed E-state index contributed by atoms with van der Waals surface area (Å²) in [6, 6.07) is 6.56. The van der Waals surface area contributed by atoms with Gasteiger partial charge in [0.25, 0.3) is 5.91 Å². The lowest BCUT2D eigenvalue weighted by molar-refractivity contribution is 0.0730. The van der Waals surface area contributed by atoms with E-state index in [1.54, 1.807) is 39.1 Å².